The highest BCUT2D eigenvalue weighted by Gasteiger charge is 2.13. The van der Waals surface area contributed by atoms with Gasteiger partial charge < -0.3 is 15.2 Å². The van der Waals surface area contributed by atoms with Crippen LogP contribution in [-0.4, -0.2) is 18.8 Å². The molecule has 3 nitrogen and oxygen atoms in total. The van der Waals surface area contributed by atoms with Gasteiger partial charge in [-0.15, -0.1) is 0 Å². The molecular weight excluding hydrogens is 276 g/mol. The van der Waals surface area contributed by atoms with Gasteiger partial charge >= 0.3 is 0 Å². The number of hydrogen-bond donors (Lipinski definition) is 2. The van der Waals surface area contributed by atoms with Crippen molar-refractivity contribution in [1.82, 2.24) is 0 Å². The molecule has 2 aromatic rings. The molecule has 0 aliphatic carbocycles. The molecule has 5 heteroatoms. The smallest absolute Gasteiger partial charge is 0.131 e. The van der Waals surface area contributed by atoms with Crippen LogP contribution in [0.4, 0.5) is 14.5 Å². The summed E-state index contributed by atoms with van der Waals surface area (Å²) < 4.78 is 31.5. The van der Waals surface area contributed by atoms with Crippen LogP contribution in [0, 0.1) is 18.6 Å². The minimum atomic E-state index is -1.06. The third-order valence-electron chi connectivity index (χ3n) is 3.22. The number of rotatable bonds is 5. The lowest BCUT2D eigenvalue weighted by molar-refractivity contribution is 0.186. The summed E-state index contributed by atoms with van der Waals surface area (Å²) in [6.07, 6.45) is -1.06. The van der Waals surface area contributed by atoms with Gasteiger partial charge in [0, 0.05) is 23.9 Å². The summed E-state index contributed by atoms with van der Waals surface area (Å²) >= 11 is 0. The maximum atomic E-state index is 13.5. The van der Waals surface area contributed by atoms with Gasteiger partial charge in [0.15, 0.2) is 0 Å². The molecular formula is C16H17F2NO2. The molecule has 21 heavy (non-hydrogen) atoms. The number of methoxy groups -OCH3 is 1. The van der Waals surface area contributed by atoms with Gasteiger partial charge in [-0.05, 0) is 36.8 Å². The van der Waals surface area contributed by atoms with Crippen molar-refractivity contribution >= 4 is 5.69 Å². The van der Waals surface area contributed by atoms with E-state index in [9.17, 15) is 13.9 Å². The summed E-state index contributed by atoms with van der Waals surface area (Å²) in [5.74, 6) is -0.650. The number of ether oxygens (including phenoxy) is 1. The number of anilines is 1. The van der Waals surface area contributed by atoms with Crippen LogP contribution < -0.4 is 10.1 Å². The van der Waals surface area contributed by atoms with E-state index in [1.54, 1.807) is 13.2 Å². The number of benzene rings is 2. The Balaban J connectivity index is 2.03. The molecule has 112 valence electrons. The van der Waals surface area contributed by atoms with Crippen molar-refractivity contribution in [2.75, 3.05) is 19.0 Å². The largest absolute Gasteiger partial charge is 0.496 e. The molecule has 0 saturated carbocycles. The molecule has 0 saturated heterocycles. The monoisotopic (exact) mass is 293 g/mol. The molecule has 1 unspecified atom stereocenters. The van der Waals surface area contributed by atoms with E-state index in [1.807, 2.05) is 19.1 Å². The van der Waals surface area contributed by atoms with Crippen molar-refractivity contribution in [1.29, 1.82) is 0 Å². The summed E-state index contributed by atoms with van der Waals surface area (Å²) in [7, 11) is 1.59. The first-order valence-electron chi connectivity index (χ1n) is 6.53. The normalized spacial score (nSPS) is 12.0. The van der Waals surface area contributed by atoms with Crippen molar-refractivity contribution in [3.8, 4) is 5.75 Å². The van der Waals surface area contributed by atoms with E-state index in [2.05, 4.69) is 5.32 Å². The Morgan fingerprint density at radius 2 is 1.95 bits per heavy atom. The Morgan fingerprint density at radius 3 is 2.57 bits per heavy atom. The second-order valence-corrected chi connectivity index (χ2v) is 4.75. The van der Waals surface area contributed by atoms with E-state index in [1.165, 1.54) is 6.07 Å². The van der Waals surface area contributed by atoms with Gasteiger partial charge in [0.1, 0.15) is 17.4 Å². The lowest BCUT2D eigenvalue weighted by atomic mass is 10.1. The topological polar surface area (TPSA) is 41.5 Å². The Kier molecular flexibility index (Phi) is 4.75. The van der Waals surface area contributed by atoms with Gasteiger partial charge in [-0.1, -0.05) is 6.07 Å². The summed E-state index contributed by atoms with van der Waals surface area (Å²) in [5.41, 5.74) is 1.80. The van der Waals surface area contributed by atoms with Crippen LogP contribution in [0.3, 0.4) is 0 Å². The fourth-order valence-electron chi connectivity index (χ4n) is 2.08. The standard InChI is InChI=1S/C16H17F2NO2/c1-10-7-12(4-6-16(10)21-2)19-9-15(20)13-5-3-11(17)8-14(13)18/h3-8,15,19-20H,9H2,1-2H3. The second-order valence-electron chi connectivity index (χ2n) is 4.75. The van der Waals surface area contributed by atoms with Crippen molar-refractivity contribution in [2.24, 2.45) is 0 Å². The maximum absolute atomic E-state index is 13.5. The van der Waals surface area contributed by atoms with E-state index in [4.69, 9.17) is 4.74 Å². The molecule has 0 heterocycles. The minimum absolute atomic E-state index is 0.0640. The van der Waals surface area contributed by atoms with E-state index >= 15 is 0 Å². The average molecular weight is 293 g/mol. The van der Waals surface area contributed by atoms with Crippen LogP contribution in [0.1, 0.15) is 17.2 Å². The zero-order chi connectivity index (χ0) is 15.4. The number of nitrogens with one attached hydrogen (secondary N) is 1. The summed E-state index contributed by atoms with van der Waals surface area (Å²) in [6, 6.07) is 8.61. The molecule has 0 aliphatic rings. The minimum Gasteiger partial charge on any atom is -0.496 e. The van der Waals surface area contributed by atoms with Crippen molar-refractivity contribution in [3.63, 3.8) is 0 Å². The average Bonchev–Trinajstić information content (AvgIpc) is 2.45. The van der Waals surface area contributed by atoms with Gasteiger partial charge in [-0.2, -0.15) is 0 Å². The maximum Gasteiger partial charge on any atom is 0.131 e. The van der Waals surface area contributed by atoms with Crippen molar-refractivity contribution < 1.29 is 18.6 Å². The fraction of sp³-hybridized carbons (Fsp3) is 0.250. The molecule has 0 spiro atoms. The molecule has 0 amide bonds. The fourth-order valence-corrected chi connectivity index (χ4v) is 2.08. The Labute approximate surface area is 122 Å². The predicted octanol–water partition coefficient (Wildman–Crippen LogP) is 3.43. The van der Waals surface area contributed by atoms with E-state index in [0.717, 1.165) is 29.1 Å². The third-order valence-corrected chi connectivity index (χ3v) is 3.22. The summed E-state index contributed by atoms with van der Waals surface area (Å²) in [6.45, 7) is 2.02. The number of aryl methyl sites for hydroxylation is 1. The first kappa shape index (κ1) is 15.3. The van der Waals surface area contributed by atoms with Crippen LogP contribution in [0.15, 0.2) is 36.4 Å². The molecule has 0 bridgehead atoms. The van der Waals surface area contributed by atoms with Gasteiger partial charge in [0.25, 0.3) is 0 Å². The molecule has 0 fully saturated rings. The van der Waals surface area contributed by atoms with E-state index in [0.29, 0.717) is 0 Å². The number of halogens is 2. The van der Waals surface area contributed by atoms with E-state index < -0.39 is 17.7 Å². The van der Waals surface area contributed by atoms with E-state index in [-0.39, 0.29) is 12.1 Å². The Hall–Kier alpha value is -2.14. The Bertz CT molecular complexity index is 632. The van der Waals surface area contributed by atoms with Crippen LogP contribution in [-0.2, 0) is 0 Å². The zero-order valence-corrected chi connectivity index (χ0v) is 11.9. The highest BCUT2D eigenvalue weighted by Crippen LogP contribution is 2.23. The van der Waals surface area contributed by atoms with Crippen LogP contribution in [0.25, 0.3) is 0 Å². The number of aliphatic hydroxyl groups is 1. The molecule has 2 aromatic carbocycles. The quantitative estimate of drug-likeness (QED) is 0.887. The SMILES string of the molecule is COc1ccc(NCC(O)c2ccc(F)cc2F)cc1C. The van der Waals surface area contributed by atoms with Gasteiger partial charge in [-0.3, -0.25) is 0 Å². The molecule has 2 rings (SSSR count). The van der Waals surface area contributed by atoms with Crippen molar-refractivity contribution in [3.05, 3.63) is 59.2 Å². The van der Waals surface area contributed by atoms with Crippen LogP contribution >= 0.6 is 0 Å². The lowest BCUT2D eigenvalue weighted by Crippen LogP contribution is -2.13. The van der Waals surface area contributed by atoms with Crippen LogP contribution in [0.2, 0.25) is 0 Å². The highest BCUT2D eigenvalue weighted by molar-refractivity contribution is 5.51. The predicted molar refractivity (Wildman–Crippen MR) is 77.5 cm³/mol. The third kappa shape index (κ3) is 3.70. The van der Waals surface area contributed by atoms with Gasteiger partial charge in [0.2, 0.25) is 0 Å². The molecule has 0 radical (unpaired) electrons. The summed E-state index contributed by atoms with van der Waals surface area (Å²) in [5, 5.41) is 13.0. The number of aliphatic hydroxyl groups excluding tert-OH is 1. The number of hydrogen-bond acceptors (Lipinski definition) is 3. The molecule has 1 atom stereocenters. The Morgan fingerprint density at radius 1 is 1.19 bits per heavy atom. The zero-order valence-electron chi connectivity index (χ0n) is 11.9. The van der Waals surface area contributed by atoms with Crippen molar-refractivity contribution in [2.45, 2.75) is 13.0 Å². The highest BCUT2D eigenvalue weighted by atomic mass is 19.1. The molecule has 0 aliphatic heterocycles. The molecule has 2 N–H and O–H groups in total. The first-order valence-corrected chi connectivity index (χ1v) is 6.53. The van der Waals surface area contributed by atoms with Gasteiger partial charge in [-0.25, -0.2) is 8.78 Å². The lowest BCUT2D eigenvalue weighted by Gasteiger charge is -2.15. The van der Waals surface area contributed by atoms with Crippen LogP contribution in [0.5, 0.6) is 5.75 Å². The van der Waals surface area contributed by atoms with Gasteiger partial charge in [0.05, 0.1) is 13.2 Å². The molecule has 0 aromatic heterocycles. The summed E-state index contributed by atoms with van der Waals surface area (Å²) in [4.78, 5) is 0. The second kappa shape index (κ2) is 6.54. The first-order chi connectivity index (χ1) is 10.0.